The van der Waals surface area contributed by atoms with Crippen LogP contribution in [-0.4, -0.2) is 75.5 Å². The zero-order chi connectivity index (χ0) is 31.2. The standard InChI is InChI=1S/C34H50N6O2Si2/c1-43(2,3)21-19-41-26-39(27-42-20-22-44(4,5)6)33-23-32(38-17-11-8-12-18-38)37-34-30(25-36-40(33)34)29-15-16-31(35-24-29)28-13-9-7-10-14-28/h7,9-10,13-16,23-25H,8,11-12,17-22,26-27H2,1-6H3. The Morgan fingerprint density at radius 3 is 2.02 bits per heavy atom. The summed E-state index contributed by atoms with van der Waals surface area (Å²) in [7, 11) is -2.41. The molecular weight excluding hydrogens is 581 g/mol. The van der Waals surface area contributed by atoms with E-state index < -0.39 is 16.1 Å². The highest BCUT2D eigenvalue weighted by Gasteiger charge is 2.22. The van der Waals surface area contributed by atoms with Gasteiger partial charge in [0.15, 0.2) is 5.65 Å². The minimum absolute atomic E-state index is 0.443. The summed E-state index contributed by atoms with van der Waals surface area (Å²) in [6, 6.07) is 18.9. The molecule has 1 aliphatic heterocycles. The maximum absolute atomic E-state index is 6.31. The number of pyridine rings is 1. The molecule has 1 aliphatic rings. The van der Waals surface area contributed by atoms with Crippen LogP contribution in [0.25, 0.3) is 28.0 Å². The van der Waals surface area contributed by atoms with Gasteiger partial charge in [-0.3, -0.25) is 4.98 Å². The zero-order valence-electron chi connectivity index (χ0n) is 27.6. The number of benzene rings is 1. The third-order valence-corrected chi connectivity index (χ3v) is 11.5. The van der Waals surface area contributed by atoms with Gasteiger partial charge >= 0.3 is 0 Å². The van der Waals surface area contributed by atoms with Crippen molar-refractivity contribution >= 4 is 33.4 Å². The van der Waals surface area contributed by atoms with E-state index in [1.807, 2.05) is 35.1 Å². The van der Waals surface area contributed by atoms with E-state index in [-0.39, 0.29) is 0 Å². The number of ether oxygens (including phenoxy) is 2. The predicted octanol–water partition coefficient (Wildman–Crippen LogP) is 7.88. The van der Waals surface area contributed by atoms with Gasteiger partial charge in [-0.05, 0) is 37.4 Å². The van der Waals surface area contributed by atoms with Crippen molar-refractivity contribution in [3.8, 4) is 22.4 Å². The number of hydrogen-bond acceptors (Lipinski definition) is 7. The van der Waals surface area contributed by atoms with Gasteiger partial charge in [0.1, 0.15) is 25.1 Å². The average molecular weight is 631 g/mol. The van der Waals surface area contributed by atoms with Crippen molar-refractivity contribution in [1.29, 1.82) is 0 Å². The number of rotatable bonds is 14. The molecule has 3 aromatic heterocycles. The van der Waals surface area contributed by atoms with Crippen molar-refractivity contribution in [3.05, 3.63) is 60.9 Å². The molecule has 0 N–H and O–H groups in total. The van der Waals surface area contributed by atoms with Crippen LogP contribution >= 0.6 is 0 Å². The number of fused-ring (bicyclic) bond motifs is 1. The molecule has 44 heavy (non-hydrogen) atoms. The number of aromatic nitrogens is 4. The Labute approximate surface area is 265 Å². The van der Waals surface area contributed by atoms with Crippen molar-refractivity contribution in [1.82, 2.24) is 19.6 Å². The zero-order valence-corrected chi connectivity index (χ0v) is 29.6. The van der Waals surface area contributed by atoms with E-state index in [4.69, 9.17) is 24.5 Å². The highest BCUT2D eigenvalue weighted by atomic mass is 28.3. The van der Waals surface area contributed by atoms with Crippen LogP contribution in [0, 0.1) is 0 Å². The quantitative estimate of drug-likeness (QED) is 0.0798. The van der Waals surface area contributed by atoms with Gasteiger partial charge in [0.05, 0.1) is 11.9 Å². The molecule has 1 saturated heterocycles. The molecule has 0 bridgehead atoms. The monoisotopic (exact) mass is 630 g/mol. The minimum atomic E-state index is -1.21. The van der Waals surface area contributed by atoms with Crippen LogP contribution < -0.4 is 9.80 Å². The second kappa shape index (κ2) is 14.4. The van der Waals surface area contributed by atoms with Crippen molar-refractivity contribution < 1.29 is 9.47 Å². The molecule has 0 radical (unpaired) electrons. The fourth-order valence-corrected chi connectivity index (χ4v) is 6.77. The fourth-order valence-electron chi connectivity index (χ4n) is 5.26. The summed E-state index contributed by atoms with van der Waals surface area (Å²) in [5, 5.41) is 4.89. The van der Waals surface area contributed by atoms with Crippen LogP contribution in [0.15, 0.2) is 60.9 Å². The second-order valence-corrected chi connectivity index (χ2v) is 25.6. The van der Waals surface area contributed by atoms with Gasteiger partial charge in [0.2, 0.25) is 0 Å². The second-order valence-electron chi connectivity index (χ2n) is 14.3. The first kappa shape index (κ1) is 32.3. The molecule has 4 heterocycles. The van der Waals surface area contributed by atoms with Crippen molar-refractivity contribution in [3.63, 3.8) is 0 Å². The number of piperidine rings is 1. The van der Waals surface area contributed by atoms with Crippen LogP contribution in [0.1, 0.15) is 19.3 Å². The highest BCUT2D eigenvalue weighted by Crippen LogP contribution is 2.31. The number of nitrogens with zero attached hydrogens (tertiary/aromatic N) is 6. The Bertz CT molecular complexity index is 1450. The maximum Gasteiger partial charge on any atom is 0.167 e. The van der Waals surface area contributed by atoms with Crippen LogP contribution in [-0.2, 0) is 9.47 Å². The molecule has 10 heteroatoms. The molecular formula is C34H50N6O2Si2. The van der Waals surface area contributed by atoms with E-state index in [1.54, 1.807) is 0 Å². The SMILES string of the molecule is C[Si](C)(C)CCOCN(COCC[Si](C)(C)C)c1cc(N2CCCCC2)nc2c(-c3ccc(-c4ccccc4)nc3)cnn12. The first-order chi connectivity index (χ1) is 21.1. The third kappa shape index (κ3) is 8.77. The van der Waals surface area contributed by atoms with Crippen molar-refractivity contribution in [2.45, 2.75) is 70.6 Å². The van der Waals surface area contributed by atoms with E-state index in [1.165, 1.54) is 19.3 Å². The molecule has 236 valence electrons. The van der Waals surface area contributed by atoms with Crippen LogP contribution in [0.3, 0.4) is 0 Å². The Hall–Kier alpha value is -3.06. The predicted molar refractivity (Wildman–Crippen MR) is 188 cm³/mol. The van der Waals surface area contributed by atoms with Crippen molar-refractivity contribution in [2.24, 2.45) is 0 Å². The summed E-state index contributed by atoms with van der Waals surface area (Å²) < 4.78 is 14.6. The lowest BCUT2D eigenvalue weighted by atomic mass is 10.1. The number of anilines is 2. The largest absolute Gasteiger partial charge is 0.361 e. The first-order valence-corrected chi connectivity index (χ1v) is 23.5. The van der Waals surface area contributed by atoms with Gasteiger partial charge in [-0.15, -0.1) is 0 Å². The van der Waals surface area contributed by atoms with Crippen LogP contribution in [0.5, 0.6) is 0 Å². The lowest BCUT2D eigenvalue weighted by Crippen LogP contribution is -2.34. The molecule has 0 amide bonds. The van der Waals surface area contributed by atoms with E-state index in [9.17, 15) is 0 Å². The molecule has 0 atom stereocenters. The Kier molecular flexibility index (Phi) is 10.6. The molecule has 0 spiro atoms. The molecule has 0 unspecified atom stereocenters. The fraction of sp³-hybridized carbons (Fsp3) is 0.500. The minimum Gasteiger partial charge on any atom is -0.361 e. The van der Waals surface area contributed by atoms with Crippen molar-refractivity contribution in [2.75, 3.05) is 49.6 Å². The first-order valence-electron chi connectivity index (χ1n) is 16.1. The molecule has 1 aromatic carbocycles. The summed E-state index contributed by atoms with van der Waals surface area (Å²) in [4.78, 5) is 14.6. The topological polar surface area (TPSA) is 68.0 Å². The molecule has 8 nitrogen and oxygen atoms in total. The van der Waals surface area contributed by atoms with Gasteiger partial charge in [0.25, 0.3) is 0 Å². The molecule has 4 aromatic rings. The summed E-state index contributed by atoms with van der Waals surface area (Å²) in [6.07, 6.45) is 7.49. The van der Waals surface area contributed by atoms with Gasteiger partial charge in [-0.2, -0.15) is 9.61 Å². The van der Waals surface area contributed by atoms with Crippen LogP contribution in [0.4, 0.5) is 11.6 Å². The maximum atomic E-state index is 6.31. The Morgan fingerprint density at radius 2 is 1.43 bits per heavy atom. The lowest BCUT2D eigenvalue weighted by Gasteiger charge is -2.30. The van der Waals surface area contributed by atoms with Gasteiger partial charge < -0.3 is 19.3 Å². The van der Waals surface area contributed by atoms with Gasteiger partial charge in [0, 0.05) is 71.4 Å². The summed E-state index contributed by atoms with van der Waals surface area (Å²) in [6.45, 7) is 18.7. The molecule has 0 saturated carbocycles. The summed E-state index contributed by atoms with van der Waals surface area (Å²) in [5.41, 5.74) is 4.84. The van der Waals surface area contributed by atoms with E-state index in [0.717, 1.165) is 78.1 Å². The average Bonchev–Trinajstić information content (AvgIpc) is 3.44. The van der Waals surface area contributed by atoms with E-state index >= 15 is 0 Å². The molecule has 1 fully saturated rings. The third-order valence-electron chi connectivity index (χ3n) is 8.07. The number of hydrogen-bond donors (Lipinski definition) is 0. The van der Waals surface area contributed by atoms with E-state index in [0.29, 0.717) is 13.5 Å². The van der Waals surface area contributed by atoms with Crippen LogP contribution in [0.2, 0.25) is 51.4 Å². The molecule has 5 rings (SSSR count). The lowest BCUT2D eigenvalue weighted by molar-refractivity contribution is 0.0942. The molecule has 0 aliphatic carbocycles. The van der Waals surface area contributed by atoms with Gasteiger partial charge in [-0.25, -0.2) is 4.98 Å². The Morgan fingerprint density at radius 1 is 0.773 bits per heavy atom. The smallest absolute Gasteiger partial charge is 0.167 e. The Balaban J connectivity index is 1.50. The van der Waals surface area contributed by atoms with E-state index in [2.05, 4.69) is 79.4 Å². The van der Waals surface area contributed by atoms with Gasteiger partial charge in [-0.1, -0.05) is 75.7 Å². The summed E-state index contributed by atoms with van der Waals surface area (Å²) >= 11 is 0. The summed E-state index contributed by atoms with van der Waals surface area (Å²) in [5.74, 6) is 1.92. The highest BCUT2D eigenvalue weighted by molar-refractivity contribution is 6.76. The normalized spacial score (nSPS) is 14.4.